The summed E-state index contributed by atoms with van der Waals surface area (Å²) < 4.78 is 40.3. The Balaban J connectivity index is 1.58. The minimum atomic E-state index is -3.89. The zero-order valence-corrected chi connectivity index (χ0v) is 16.6. The van der Waals surface area contributed by atoms with Gasteiger partial charge < -0.3 is 4.90 Å². The molecule has 5 nitrogen and oxygen atoms in total. The lowest BCUT2D eigenvalue weighted by atomic mass is 10.2. The van der Waals surface area contributed by atoms with Crippen molar-refractivity contribution in [2.75, 3.05) is 31.9 Å². The highest BCUT2D eigenvalue weighted by Crippen LogP contribution is 2.23. The fourth-order valence-electron chi connectivity index (χ4n) is 2.92. The molecule has 0 bridgehead atoms. The molecule has 144 valence electrons. The summed E-state index contributed by atoms with van der Waals surface area (Å²) in [6.07, 6.45) is 0. The van der Waals surface area contributed by atoms with Crippen LogP contribution in [0.15, 0.2) is 58.3 Å². The van der Waals surface area contributed by atoms with Crippen LogP contribution >= 0.6 is 11.8 Å². The molecule has 0 aromatic heterocycles. The number of hydrogen-bond donors (Lipinski definition) is 0. The Morgan fingerprint density at radius 2 is 1.67 bits per heavy atom. The molecule has 1 aliphatic rings. The van der Waals surface area contributed by atoms with Crippen molar-refractivity contribution in [3.8, 4) is 0 Å². The van der Waals surface area contributed by atoms with E-state index in [9.17, 15) is 17.6 Å². The minimum absolute atomic E-state index is 0.0220. The highest BCUT2D eigenvalue weighted by Gasteiger charge is 2.31. The molecule has 0 radical (unpaired) electrons. The number of rotatable bonds is 5. The van der Waals surface area contributed by atoms with Gasteiger partial charge in [0.2, 0.25) is 15.9 Å². The Morgan fingerprint density at radius 3 is 2.33 bits per heavy atom. The second-order valence-electron chi connectivity index (χ2n) is 6.27. The van der Waals surface area contributed by atoms with Crippen molar-refractivity contribution in [2.24, 2.45) is 0 Å². The van der Waals surface area contributed by atoms with Gasteiger partial charge in [0.05, 0.1) is 5.75 Å². The topological polar surface area (TPSA) is 57.7 Å². The molecule has 1 saturated heterocycles. The second kappa shape index (κ2) is 8.41. The summed E-state index contributed by atoms with van der Waals surface area (Å²) >= 11 is 1.48. The zero-order chi connectivity index (χ0) is 19.4. The molecule has 1 aliphatic heterocycles. The summed E-state index contributed by atoms with van der Waals surface area (Å²) in [4.78, 5) is 14.8. The van der Waals surface area contributed by atoms with Gasteiger partial charge in [-0.1, -0.05) is 30.3 Å². The molecule has 1 amide bonds. The lowest BCUT2D eigenvalue weighted by Gasteiger charge is -2.34. The number of nitrogens with zero attached hydrogens (tertiary/aromatic N) is 2. The van der Waals surface area contributed by atoms with Gasteiger partial charge in [0.15, 0.2) is 0 Å². The third-order valence-electron chi connectivity index (χ3n) is 4.49. The summed E-state index contributed by atoms with van der Waals surface area (Å²) in [5.74, 6) is -0.470. The third-order valence-corrected chi connectivity index (χ3v) is 7.58. The molecule has 1 fully saturated rings. The first-order chi connectivity index (χ1) is 12.9. The van der Waals surface area contributed by atoms with E-state index in [1.165, 1.54) is 34.3 Å². The van der Waals surface area contributed by atoms with Crippen LogP contribution in [0, 0.1) is 12.7 Å². The summed E-state index contributed by atoms with van der Waals surface area (Å²) in [7, 11) is -3.89. The van der Waals surface area contributed by atoms with Gasteiger partial charge in [-0.05, 0) is 30.7 Å². The molecule has 0 unspecified atom stereocenters. The van der Waals surface area contributed by atoms with Gasteiger partial charge in [0, 0.05) is 31.1 Å². The molecule has 27 heavy (non-hydrogen) atoms. The standard InChI is InChI=1S/C19H21FN2O3S2/c1-15-6-2-4-8-17(15)26-14-19(23)21-10-12-22(13-11-21)27(24,25)18-9-5-3-7-16(18)20/h2-9H,10-14H2,1H3. The third kappa shape index (κ3) is 4.51. The molecule has 2 aromatic carbocycles. The Morgan fingerprint density at radius 1 is 1.04 bits per heavy atom. The average Bonchev–Trinajstić information content (AvgIpc) is 2.67. The number of amides is 1. The fraction of sp³-hybridized carbons (Fsp3) is 0.316. The predicted octanol–water partition coefficient (Wildman–Crippen LogP) is 2.76. The lowest BCUT2D eigenvalue weighted by molar-refractivity contribution is -0.129. The Labute approximate surface area is 163 Å². The molecular formula is C19H21FN2O3S2. The predicted molar refractivity (Wildman–Crippen MR) is 104 cm³/mol. The smallest absolute Gasteiger partial charge is 0.246 e. The Bertz CT molecular complexity index is 926. The maximum atomic E-state index is 13.9. The van der Waals surface area contributed by atoms with Gasteiger partial charge in [-0.3, -0.25) is 4.79 Å². The van der Waals surface area contributed by atoms with Crippen molar-refractivity contribution in [1.29, 1.82) is 0 Å². The van der Waals surface area contributed by atoms with Crippen LogP contribution < -0.4 is 0 Å². The van der Waals surface area contributed by atoms with E-state index in [2.05, 4.69) is 0 Å². The number of thioether (sulfide) groups is 1. The number of hydrogen-bond acceptors (Lipinski definition) is 4. The van der Waals surface area contributed by atoms with E-state index in [-0.39, 0.29) is 23.9 Å². The summed E-state index contributed by atoms with van der Waals surface area (Å²) in [6.45, 7) is 2.94. The molecule has 0 N–H and O–H groups in total. The van der Waals surface area contributed by atoms with Crippen LogP contribution in [0.3, 0.4) is 0 Å². The quantitative estimate of drug-likeness (QED) is 0.714. The fourth-order valence-corrected chi connectivity index (χ4v) is 5.34. The molecule has 0 aliphatic carbocycles. The first-order valence-electron chi connectivity index (χ1n) is 8.60. The monoisotopic (exact) mass is 408 g/mol. The number of benzene rings is 2. The van der Waals surface area contributed by atoms with E-state index >= 15 is 0 Å². The first-order valence-corrected chi connectivity index (χ1v) is 11.0. The van der Waals surface area contributed by atoms with Gasteiger partial charge in [0.1, 0.15) is 10.7 Å². The normalized spacial score (nSPS) is 15.7. The average molecular weight is 409 g/mol. The van der Waals surface area contributed by atoms with E-state index in [0.717, 1.165) is 16.5 Å². The number of carbonyl (C=O) groups is 1. The molecule has 2 aromatic rings. The summed E-state index contributed by atoms with van der Waals surface area (Å²) in [5.41, 5.74) is 1.12. The van der Waals surface area contributed by atoms with E-state index in [4.69, 9.17) is 0 Å². The van der Waals surface area contributed by atoms with E-state index < -0.39 is 15.8 Å². The number of sulfonamides is 1. The number of carbonyl (C=O) groups excluding carboxylic acids is 1. The largest absolute Gasteiger partial charge is 0.339 e. The Hall–Kier alpha value is -1.90. The lowest BCUT2D eigenvalue weighted by Crippen LogP contribution is -2.51. The van der Waals surface area contributed by atoms with Crippen molar-refractivity contribution in [2.45, 2.75) is 16.7 Å². The molecule has 3 rings (SSSR count). The highest BCUT2D eigenvalue weighted by molar-refractivity contribution is 8.00. The molecule has 1 heterocycles. The van der Waals surface area contributed by atoms with Gasteiger partial charge in [-0.15, -0.1) is 11.8 Å². The maximum Gasteiger partial charge on any atom is 0.246 e. The van der Waals surface area contributed by atoms with Gasteiger partial charge >= 0.3 is 0 Å². The van der Waals surface area contributed by atoms with E-state index in [1.54, 1.807) is 4.90 Å². The SMILES string of the molecule is Cc1ccccc1SCC(=O)N1CCN(S(=O)(=O)c2ccccc2F)CC1. The van der Waals surface area contributed by atoms with Crippen LogP contribution in [0.25, 0.3) is 0 Å². The van der Waals surface area contributed by atoms with Crippen molar-refractivity contribution in [1.82, 2.24) is 9.21 Å². The van der Waals surface area contributed by atoms with Crippen LogP contribution in [0.5, 0.6) is 0 Å². The molecule has 0 atom stereocenters. The van der Waals surface area contributed by atoms with Crippen molar-refractivity contribution >= 4 is 27.7 Å². The van der Waals surface area contributed by atoms with Crippen LogP contribution in [0.1, 0.15) is 5.56 Å². The van der Waals surface area contributed by atoms with Crippen LogP contribution in [0.2, 0.25) is 0 Å². The highest BCUT2D eigenvalue weighted by atomic mass is 32.2. The Kier molecular flexibility index (Phi) is 6.18. The van der Waals surface area contributed by atoms with Gasteiger partial charge in [-0.2, -0.15) is 4.31 Å². The molecule has 0 saturated carbocycles. The number of piperazine rings is 1. The van der Waals surface area contributed by atoms with Crippen LogP contribution in [-0.2, 0) is 14.8 Å². The zero-order valence-electron chi connectivity index (χ0n) is 15.0. The number of aryl methyl sites for hydroxylation is 1. The van der Waals surface area contributed by atoms with Crippen LogP contribution in [0.4, 0.5) is 4.39 Å². The van der Waals surface area contributed by atoms with Crippen molar-refractivity contribution in [3.63, 3.8) is 0 Å². The minimum Gasteiger partial charge on any atom is -0.339 e. The number of halogens is 1. The van der Waals surface area contributed by atoms with Crippen LogP contribution in [-0.4, -0.2) is 55.5 Å². The first kappa shape index (κ1) is 19.9. The second-order valence-corrected chi connectivity index (χ2v) is 9.19. The van der Waals surface area contributed by atoms with Crippen molar-refractivity contribution < 1.29 is 17.6 Å². The van der Waals surface area contributed by atoms with Gasteiger partial charge in [-0.25, -0.2) is 12.8 Å². The molecular weight excluding hydrogens is 387 g/mol. The van der Waals surface area contributed by atoms with Gasteiger partial charge in [0.25, 0.3) is 0 Å². The molecule has 0 spiro atoms. The van der Waals surface area contributed by atoms with Crippen molar-refractivity contribution in [3.05, 3.63) is 59.9 Å². The molecule has 8 heteroatoms. The summed E-state index contributed by atoms with van der Waals surface area (Å²) in [5, 5.41) is 0. The summed E-state index contributed by atoms with van der Waals surface area (Å²) in [6, 6.07) is 13.2. The maximum absolute atomic E-state index is 13.9. The van der Waals surface area contributed by atoms with E-state index in [0.29, 0.717) is 18.8 Å². The van der Waals surface area contributed by atoms with E-state index in [1.807, 2.05) is 31.2 Å².